The van der Waals surface area contributed by atoms with Crippen molar-refractivity contribution in [3.8, 4) is 5.75 Å². The average molecular weight is 300 g/mol. The summed E-state index contributed by atoms with van der Waals surface area (Å²) in [5, 5.41) is 5.05. The summed E-state index contributed by atoms with van der Waals surface area (Å²) >= 11 is 0. The maximum atomic E-state index is 12.4. The lowest BCUT2D eigenvalue weighted by molar-refractivity contribution is 0.0694. The lowest BCUT2D eigenvalue weighted by Gasteiger charge is -2.33. The first-order valence-corrected chi connectivity index (χ1v) is 7.49. The molecule has 1 amide bonds. The van der Waals surface area contributed by atoms with Gasteiger partial charge < -0.3 is 9.64 Å². The summed E-state index contributed by atoms with van der Waals surface area (Å²) in [6.07, 6.45) is 2.98. The van der Waals surface area contributed by atoms with Crippen LogP contribution in [-0.2, 0) is 10.2 Å². The van der Waals surface area contributed by atoms with Gasteiger partial charge in [-0.05, 0) is 6.07 Å². The van der Waals surface area contributed by atoms with Gasteiger partial charge in [-0.1, -0.05) is 0 Å². The highest BCUT2D eigenvalue weighted by atomic mass is 32.2. The number of carbonyl (C=O) groups is 1. The Morgan fingerprint density at radius 1 is 1.35 bits per heavy atom. The van der Waals surface area contributed by atoms with E-state index in [0.29, 0.717) is 24.4 Å². The molecular formula is C11H16N4O4S. The number of rotatable bonds is 3. The number of pyridine rings is 1. The number of carbonyl (C=O) groups excluding carboxylic acids is 1. The molecule has 2 rings (SSSR count). The Bertz CT molecular complexity index is 596. The lowest BCUT2D eigenvalue weighted by Crippen LogP contribution is -2.52. The van der Waals surface area contributed by atoms with E-state index in [2.05, 4.69) is 4.98 Å². The van der Waals surface area contributed by atoms with Crippen LogP contribution in [0.25, 0.3) is 0 Å². The molecule has 0 saturated carbocycles. The van der Waals surface area contributed by atoms with Crippen molar-refractivity contribution >= 4 is 16.1 Å². The molecular weight excluding hydrogens is 284 g/mol. The van der Waals surface area contributed by atoms with E-state index < -0.39 is 10.2 Å². The maximum Gasteiger partial charge on any atom is 0.277 e. The monoisotopic (exact) mass is 300 g/mol. The number of methoxy groups -OCH3 is 1. The second-order valence-electron chi connectivity index (χ2n) is 4.31. The minimum absolute atomic E-state index is 0.192. The largest absolute Gasteiger partial charge is 0.494 e. The van der Waals surface area contributed by atoms with E-state index in [-0.39, 0.29) is 19.0 Å². The molecule has 9 heteroatoms. The van der Waals surface area contributed by atoms with Crippen LogP contribution in [0.2, 0.25) is 0 Å². The Morgan fingerprint density at radius 2 is 2.00 bits per heavy atom. The Morgan fingerprint density at radius 3 is 2.55 bits per heavy atom. The van der Waals surface area contributed by atoms with Gasteiger partial charge in [0.1, 0.15) is 5.75 Å². The van der Waals surface area contributed by atoms with E-state index >= 15 is 0 Å². The van der Waals surface area contributed by atoms with Gasteiger partial charge in [0.05, 0.1) is 18.9 Å². The fourth-order valence-electron chi connectivity index (χ4n) is 2.04. The van der Waals surface area contributed by atoms with Gasteiger partial charge in [0, 0.05) is 32.4 Å². The van der Waals surface area contributed by atoms with E-state index in [0.717, 1.165) is 4.31 Å². The highest BCUT2D eigenvalue weighted by molar-refractivity contribution is 7.86. The fraction of sp³-hybridized carbons (Fsp3) is 0.455. The molecule has 110 valence electrons. The van der Waals surface area contributed by atoms with Gasteiger partial charge in [-0.25, -0.2) is 5.14 Å². The van der Waals surface area contributed by atoms with E-state index in [1.807, 2.05) is 0 Å². The van der Waals surface area contributed by atoms with E-state index in [4.69, 9.17) is 9.88 Å². The predicted octanol–water partition coefficient (Wildman–Crippen LogP) is -0.948. The molecule has 1 fully saturated rings. The van der Waals surface area contributed by atoms with Crippen LogP contribution >= 0.6 is 0 Å². The molecule has 0 radical (unpaired) electrons. The third-order valence-electron chi connectivity index (χ3n) is 3.12. The molecule has 0 aliphatic carbocycles. The Balaban J connectivity index is 2.09. The first-order chi connectivity index (χ1) is 9.43. The zero-order valence-electron chi connectivity index (χ0n) is 11.0. The minimum atomic E-state index is -3.69. The van der Waals surface area contributed by atoms with Crippen molar-refractivity contribution in [1.82, 2.24) is 14.2 Å². The highest BCUT2D eigenvalue weighted by Gasteiger charge is 2.28. The molecule has 1 aromatic heterocycles. The number of hydrogen-bond acceptors (Lipinski definition) is 5. The summed E-state index contributed by atoms with van der Waals surface area (Å²) < 4.78 is 28.7. The van der Waals surface area contributed by atoms with Crippen LogP contribution in [0.15, 0.2) is 18.5 Å². The second kappa shape index (κ2) is 5.73. The normalized spacial score (nSPS) is 17.0. The van der Waals surface area contributed by atoms with Crippen LogP contribution in [0.5, 0.6) is 5.75 Å². The lowest BCUT2D eigenvalue weighted by atomic mass is 10.2. The second-order valence-corrected chi connectivity index (χ2v) is 5.86. The number of nitrogens with two attached hydrogens (primary N) is 1. The van der Waals surface area contributed by atoms with Gasteiger partial charge >= 0.3 is 0 Å². The van der Waals surface area contributed by atoms with E-state index in [1.54, 1.807) is 11.0 Å². The fourth-order valence-corrected chi connectivity index (χ4v) is 2.71. The van der Waals surface area contributed by atoms with Crippen molar-refractivity contribution in [1.29, 1.82) is 0 Å². The van der Waals surface area contributed by atoms with E-state index in [1.165, 1.54) is 19.5 Å². The smallest absolute Gasteiger partial charge is 0.277 e. The standard InChI is InChI=1S/C11H16N4O4S/c1-19-10-8-13-3-2-9(10)11(16)14-4-6-15(7-5-14)20(12,17)18/h2-3,8H,4-7H2,1H3,(H2,12,17,18). The van der Waals surface area contributed by atoms with Gasteiger partial charge in [-0.2, -0.15) is 12.7 Å². The first kappa shape index (κ1) is 14.7. The first-order valence-electron chi connectivity index (χ1n) is 5.98. The molecule has 0 atom stereocenters. The van der Waals surface area contributed by atoms with Crippen LogP contribution < -0.4 is 9.88 Å². The third-order valence-corrected chi connectivity index (χ3v) is 4.21. The van der Waals surface area contributed by atoms with Gasteiger partial charge in [-0.15, -0.1) is 0 Å². The highest BCUT2D eigenvalue weighted by Crippen LogP contribution is 2.19. The van der Waals surface area contributed by atoms with Crippen molar-refractivity contribution in [2.24, 2.45) is 5.14 Å². The quantitative estimate of drug-likeness (QED) is 0.775. The molecule has 1 aliphatic rings. The summed E-state index contributed by atoms with van der Waals surface area (Å²) in [6.45, 7) is 0.970. The number of amides is 1. The van der Waals surface area contributed by atoms with Crippen molar-refractivity contribution in [3.63, 3.8) is 0 Å². The third kappa shape index (κ3) is 3.06. The van der Waals surface area contributed by atoms with Crippen LogP contribution in [0, 0.1) is 0 Å². The van der Waals surface area contributed by atoms with Crippen LogP contribution in [0.1, 0.15) is 10.4 Å². The van der Waals surface area contributed by atoms with Gasteiger partial charge in [0.2, 0.25) is 0 Å². The zero-order chi connectivity index (χ0) is 14.8. The molecule has 1 saturated heterocycles. The van der Waals surface area contributed by atoms with Crippen LogP contribution in [-0.4, -0.2) is 61.8 Å². The summed E-state index contributed by atoms with van der Waals surface area (Å²) in [5.41, 5.74) is 0.409. The molecule has 0 bridgehead atoms. The van der Waals surface area contributed by atoms with Crippen molar-refractivity contribution in [2.45, 2.75) is 0 Å². The van der Waals surface area contributed by atoms with Gasteiger partial charge in [0.15, 0.2) is 0 Å². The Kier molecular flexibility index (Phi) is 4.21. The average Bonchev–Trinajstić information content (AvgIpc) is 2.45. The van der Waals surface area contributed by atoms with E-state index in [9.17, 15) is 13.2 Å². The molecule has 2 N–H and O–H groups in total. The molecule has 0 spiro atoms. The Hall–Kier alpha value is -1.71. The molecule has 20 heavy (non-hydrogen) atoms. The van der Waals surface area contributed by atoms with Crippen molar-refractivity contribution in [3.05, 3.63) is 24.0 Å². The summed E-state index contributed by atoms with van der Waals surface area (Å²) in [7, 11) is -2.23. The number of piperazine rings is 1. The molecule has 0 unspecified atom stereocenters. The maximum absolute atomic E-state index is 12.4. The van der Waals surface area contributed by atoms with Crippen molar-refractivity contribution in [2.75, 3.05) is 33.3 Å². The molecule has 0 aromatic carbocycles. The summed E-state index contributed by atoms with van der Waals surface area (Å²) in [6, 6.07) is 1.58. The summed E-state index contributed by atoms with van der Waals surface area (Å²) in [5.74, 6) is 0.185. The predicted molar refractivity (Wildman–Crippen MR) is 71.4 cm³/mol. The van der Waals surface area contributed by atoms with Crippen LogP contribution in [0.4, 0.5) is 0 Å². The zero-order valence-corrected chi connectivity index (χ0v) is 11.8. The molecule has 1 aromatic rings. The Labute approximate surface area is 117 Å². The number of nitrogens with zero attached hydrogens (tertiary/aromatic N) is 3. The van der Waals surface area contributed by atoms with Gasteiger partial charge in [-0.3, -0.25) is 9.78 Å². The summed E-state index contributed by atoms with van der Waals surface area (Å²) in [4.78, 5) is 17.8. The van der Waals surface area contributed by atoms with Crippen LogP contribution in [0.3, 0.4) is 0 Å². The minimum Gasteiger partial charge on any atom is -0.494 e. The number of ether oxygens (including phenoxy) is 1. The number of aromatic nitrogens is 1. The SMILES string of the molecule is COc1cnccc1C(=O)N1CCN(S(N)(=O)=O)CC1. The molecule has 2 heterocycles. The van der Waals surface area contributed by atoms with Crippen molar-refractivity contribution < 1.29 is 17.9 Å². The molecule has 8 nitrogen and oxygen atoms in total. The molecule has 1 aliphatic heterocycles. The topological polar surface area (TPSA) is 106 Å². The van der Waals surface area contributed by atoms with Gasteiger partial charge in [0.25, 0.3) is 16.1 Å². The number of hydrogen-bond donors (Lipinski definition) is 1.